The predicted molar refractivity (Wildman–Crippen MR) is 57.9 cm³/mol. The molecule has 0 amide bonds. The van der Waals surface area contributed by atoms with Crippen LogP contribution in [0.1, 0.15) is 24.6 Å². The molecule has 1 nitrogen and oxygen atoms in total. The van der Waals surface area contributed by atoms with E-state index < -0.39 is 0 Å². The maximum absolute atomic E-state index is 5.87. The molecule has 1 fully saturated rings. The second-order valence-electron chi connectivity index (χ2n) is 4.39. The highest BCUT2D eigenvalue weighted by atomic mass is 32.1. The van der Waals surface area contributed by atoms with Gasteiger partial charge in [-0.05, 0) is 48.6 Å². The van der Waals surface area contributed by atoms with Crippen LogP contribution in [0, 0.1) is 11.3 Å². The molecule has 1 aliphatic rings. The summed E-state index contributed by atoms with van der Waals surface area (Å²) in [6, 6.07) is 4.35. The van der Waals surface area contributed by atoms with Gasteiger partial charge in [-0.1, -0.05) is 13.0 Å². The summed E-state index contributed by atoms with van der Waals surface area (Å²) in [4.78, 5) is 1.49. The first kappa shape index (κ1) is 9.22. The zero-order valence-electron chi connectivity index (χ0n) is 8.12. The molecule has 1 atom stereocenters. The van der Waals surface area contributed by atoms with E-state index in [0.29, 0.717) is 5.41 Å². The average molecular weight is 195 g/mol. The zero-order chi connectivity index (χ0) is 9.31. The van der Waals surface area contributed by atoms with E-state index in [1.54, 1.807) is 0 Å². The van der Waals surface area contributed by atoms with Gasteiger partial charge in [-0.3, -0.25) is 0 Å². The molecule has 0 aliphatic heterocycles. The number of thiophene rings is 1. The largest absolute Gasteiger partial charge is 0.330 e. The van der Waals surface area contributed by atoms with Crippen molar-refractivity contribution in [2.24, 2.45) is 17.1 Å². The summed E-state index contributed by atoms with van der Waals surface area (Å²) in [5.74, 6) is 0.889. The normalized spacial score (nSPS) is 21.4. The average Bonchev–Trinajstić information content (AvgIpc) is 2.88. The minimum absolute atomic E-state index is 0.366. The fourth-order valence-corrected chi connectivity index (χ4v) is 2.88. The van der Waals surface area contributed by atoms with Gasteiger partial charge in [0.1, 0.15) is 0 Å². The Hall–Kier alpha value is -0.340. The van der Waals surface area contributed by atoms with Crippen molar-refractivity contribution in [3.05, 3.63) is 22.4 Å². The molecule has 0 saturated heterocycles. The van der Waals surface area contributed by atoms with Gasteiger partial charge in [0.25, 0.3) is 0 Å². The first-order valence-electron chi connectivity index (χ1n) is 4.97. The van der Waals surface area contributed by atoms with Crippen LogP contribution in [0.3, 0.4) is 0 Å². The van der Waals surface area contributed by atoms with E-state index in [4.69, 9.17) is 5.73 Å². The highest BCUT2D eigenvalue weighted by Gasteiger charge is 2.40. The number of nitrogens with two attached hydrogens (primary N) is 1. The van der Waals surface area contributed by atoms with Crippen LogP contribution in [0.25, 0.3) is 0 Å². The van der Waals surface area contributed by atoms with E-state index in [-0.39, 0.29) is 0 Å². The van der Waals surface area contributed by atoms with E-state index in [1.807, 2.05) is 11.3 Å². The van der Waals surface area contributed by atoms with Crippen molar-refractivity contribution >= 4 is 11.3 Å². The third-order valence-corrected chi connectivity index (χ3v) is 4.06. The van der Waals surface area contributed by atoms with Crippen LogP contribution in [0.2, 0.25) is 0 Å². The third-order valence-electron chi connectivity index (χ3n) is 3.19. The molecule has 1 saturated carbocycles. The first-order valence-corrected chi connectivity index (χ1v) is 5.85. The maximum Gasteiger partial charge on any atom is 0.00512 e. The Kier molecular flexibility index (Phi) is 2.43. The highest BCUT2D eigenvalue weighted by Crippen LogP contribution is 2.47. The summed E-state index contributed by atoms with van der Waals surface area (Å²) < 4.78 is 0. The van der Waals surface area contributed by atoms with Crippen LogP contribution < -0.4 is 5.73 Å². The van der Waals surface area contributed by atoms with E-state index in [1.165, 1.54) is 24.1 Å². The second kappa shape index (κ2) is 3.43. The smallest absolute Gasteiger partial charge is 0.00512 e. The van der Waals surface area contributed by atoms with Crippen molar-refractivity contribution in [3.63, 3.8) is 0 Å². The van der Waals surface area contributed by atoms with Crippen LogP contribution in [-0.4, -0.2) is 6.54 Å². The van der Waals surface area contributed by atoms with Gasteiger partial charge in [0.2, 0.25) is 0 Å². The van der Waals surface area contributed by atoms with Crippen LogP contribution in [0.15, 0.2) is 17.5 Å². The quantitative estimate of drug-likeness (QED) is 0.785. The summed E-state index contributed by atoms with van der Waals surface area (Å²) in [7, 11) is 0. The monoisotopic (exact) mass is 195 g/mol. The first-order chi connectivity index (χ1) is 6.24. The molecule has 1 heterocycles. The SMILES string of the molecule is CC(CN)(Cc1cccs1)C1CC1. The summed E-state index contributed by atoms with van der Waals surface area (Å²) in [5.41, 5.74) is 6.24. The van der Waals surface area contributed by atoms with Gasteiger partial charge < -0.3 is 5.73 Å². The number of rotatable bonds is 4. The summed E-state index contributed by atoms with van der Waals surface area (Å²) in [6.07, 6.45) is 3.95. The van der Waals surface area contributed by atoms with Gasteiger partial charge in [0.15, 0.2) is 0 Å². The Morgan fingerprint density at radius 3 is 2.85 bits per heavy atom. The Balaban J connectivity index is 2.05. The minimum Gasteiger partial charge on any atom is -0.330 e. The van der Waals surface area contributed by atoms with Crippen LogP contribution in [0.4, 0.5) is 0 Å². The van der Waals surface area contributed by atoms with Crippen molar-refractivity contribution in [3.8, 4) is 0 Å². The molecule has 2 rings (SSSR count). The van der Waals surface area contributed by atoms with Gasteiger partial charge in [-0.2, -0.15) is 0 Å². The molecule has 1 unspecified atom stereocenters. The summed E-state index contributed by atoms with van der Waals surface area (Å²) in [6.45, 7) is 3.17. The van der Waals surface area contributed by atoms with Gasteiger partial charge in [-0.25, -0.2) is 0 Å². The number of hydrogen-bond acceptors (Lipinski definition) is 2. The highest BCUT2D eigenvalue weighted by molar-refractivity contribution is 7.09. The Labute approximate surface area is 84.0 Å². The molecule has 0 radical (unpaired) electrons. The molecule has 13 heavy (non-hydrogen) atoms. The molecule has 72 valence electrons. The molecule has 2 heteroatoms. The van der Waals surface area contributed by atoms with Crippen LogP contribution >= 0.6 is 11.3 Å². The van der Waals surface area contributed by atoms with E-state index in [2.05, 4.69) is 24.4 Å². The molecule has 0 aromatic carbocycles. The minimum atomic E-state index is 0.366. The lowest BCUT2D eigenvalue weighted by Gasteiger charge is -2.27. The van der Waals surface area contributed by atoms with Gasteiger partial charge in [0, 0.05) is 4.88 Å². The molecular formula is C11H17NS. The lowest BCUT2D eigenvalue weighted by Crippen LogP contribution is -2.31. The van der Waals surface area contributed by atoms with Gasteiger partial charge in [0.05, 0.1) is 0 Å². The summed E-state index contributed by atoms with van der Waals surface area (Å²) >= 11 is 1.85. The van der Waals surface area contributed by atoms with Crippen molar-refractivity contribution < 1.29 is 0 Å². The van der Waals surface area contributed by atoms with Crippen molar-refractivity contribution in [2.45, 2.75) is 26.2 Å². The fraction of sp³-hybridized carbons (Fsp3) is 0.636. The second-order valence-corrected chi connectivity index (χ2v) is 5.42. The standard InChI is InChI=1S/C11H17NS/c1-11(8-12,9-4-5-9)7-10-3-2-6-13-10/h2-3,6,9H,4-5,7-8,12H2,1H3. The van der Waals surface area contributed by atoms with Crippen molar-refractivity contribution in [2.75, 3.05) is 6.54 Å². The predicted octanol–water partition coefficient (Wildman–Crippen LogP) is 2.67. The summed E-state index contributed by atoms with van der Waals surface area (Å²) in [5, 5.41) is 2.15. The fourth-order valence-electron chi connectivity index (χ4n) is 1.97. The molecule has 1 aliphatic carbocycles. The molecule has 1 aromatic heterocycles. The molecule has 0 bridgehead atoms. The van der Waals surface area contributed by atoms with E-state index in [0.717, 1.165) is 12.5 Å². The van der Waals surface area contributed by atoms with Crippen molar-refractivity contribution in [1.82, 2.24) is 0 Å². The lowest BCUT2D eigenvalue weighted by molar-refractivity contribution is 0.284. The van der Waals surface area contributed by atoms with Crippen molar-refractivity contribution in [1.29, 1.82) is 0 Å². The molecule has 1 aromatic rings. The van der Waals surface area contributed by atoms with Crippen LogP contribution in [-0.2, 0) is 6.42 Å². The molecule has 0 spiro atoms. The third kappa shape index (κ3) is 1.94. The number of hydrogen-bond donors (Lipinski definition) is 1. The van der Waals surface area contributed by atoms with E-state index in [9.17, 15) is 0 Å². The topological polar surface area (TPSA) is 26.0 Å². The Morgan fingerprint density at radius 2 is 2.38 bits per heavy atom. The van der Waals surface area contributed by atoms with Gasteiger partial charge >= 0.3 is 0 Å². The maximum atomic E-state index is 5.87. The molecule has 2 N–H and O–H groups in total. The van der Waals surface area contributed by atoms with Crippen LogP contribution in [0.5, 0.6) is 0 Å². The Morgan fingerprint density at radius 1 is 1.62 bits per heavy atom. The van der Waals surface area contributed by atoms with E-state index >= 15 is 0 Å². The zero-order valence-corrected chi connectivity index (χ0v) is 8.94. The van der Waals surface area contributed by atoms with Gasteiger partial charge in [-0.15, -0.1) is 11.3 Å². The Bertz CT molecular complexity index is 264. The lowest BCUT2D eigenvalue weighted by atomic mass is 9.81. The molecular weight excluding hydrogens is 178 g/mol.